The van der Waals surface area contributed by atoms with Crippen LogP contribution in [0.1, 0.15) is 19.3 Å². The van der Waals surface area contributed by atoms with Crippen LogP contribution < -0.4 is 14.8 Å². The zero-order valence-corrected chi connectivity index (χ0v) is 11.7. The molecule has 1 aromatic carbocycles. The van der Waals surface area contributed by atoms with Crippen molar-refractivity contribution in [2.45, 2.75) is 31.3 Å². The molecule has 1 unspecified atom stereocenters. The van der Waals surface area contributed by atoms with Gasteiger partial charge in [0.15, 0.2) is 5.75 Å². The van der Waals surface area contributed by atoms with E-state index in [0.717, 1.165) is 12.8 Å². The Morgan fingerprint density at radius 1 is 1.57 bits per heavy atom. The largest absolute Gasteiger partial charge is 0.493 e. The molecule has 1 saturated carbocycles. The summed E-state index contributed by atoms with van der Waals surface area (Å²) >= 11 is 0. The lowest BCUT2D eigenvalue weighted by atomic mass is 10.2. The number of nitriles is 1. The Morgan fingerprint density at radius 3 is 2.90 bits per heavy atom. The minimum atomic E-state index is -0.515. The van der Waals surface area contributed by atoms with Gasteiger partial charge in [0.1, 0.15) is 5.75 Å². The molecule has 1 aliphatic carbocycles. The molecule has 7 nitrogen and oxygen atoms in total. The summed E-state index contributed by atoms with van der Waals surface area (Å²) in [5.74, 6) is 0.586. The number of nitro benzene ring substituents is 1. The minimum Gasteiger partial charge on any atom is -0.493 e. The first-order chi connectivity index (χ1) is 10.1. The Bertz CT molecular complexity index is 552. The number of nitro groups is 1. The van der Waals surface area contributed by atoms with E-state index < -0.39 is 4.92 Å². The lowest BCUT2D eigenvalue weighted by Crippen LogP contribution is -2.31. The van der Waals surface area contributed by atoms with Gasteiger partial charge in [-0.1, -0.05) is 0 Å². The summed E-state index contributed by atoms with van der Waals surface area (Å²) in [6.07, 6.45) is 2.76. The van der Waals surface area contributed by atoms with Gasteiger partial charge < -0.3 is 9.47 Å². The first-order valence-corrected chi connectivity index (χ1v) is 6.75. The van der Waals surface area contributed by atoms with Gasteiger partial charge in [0.25, 0.3) is 0 Å². The fourth-order valence-corrected chi connectivity index (χ4v) is 1.92. The first-order valence-electron chi connectivity index (χ1n) is 6.75. The predicted molar refractivity (Wildman–Crippen MR) is 75.3 cm³/mol. The van der Waals surface area contributed by atoms with Crippen molar-refractivity contribution >= 4 is 5.69 Å². The molecule has 0 bridgehead atoms. The van der Waals surface area contributed by atoms with Crippen molar-refractivity contribution in [2.24, 2.45) is 0 Å². The Kier molecular flexibility index (Phi) is 4.95. The van der Waals surface area contributed by atoms with E-state index in [1.54, 1.807) is 6.07 Å². The molecule has 1 atom stereocenters. The van der Waals surface area contributed by atoms with E-state index in [2.05, 4.69) is 11.4 Å². The minimum absolute atomic E-state index is 0.136. The molecular weight excluding hydrogens is 274 g/mol. The van der Waals surface area contributed by atoms with Crippen molar-refractivity contribution in [1.82, 2.24) is 5.32 Å². The van der Waals surface area contributed by atoms with Crippen LogP contribution in [0.25, 0.3) is 0 Å². The highest BCUT2D eigenvalue weighted by Gasteiger charge is 2.24. The fourth-order valence-electron chi connectivity index (χ4n) is 1.92. The molecule has 0 heterocycles. The Labute approximate surface area is 122 Å². The highest BCUT2D eigenvalue weighted by molar-refractivity contribution is 5.50. The molecule has 1 fully saturated rings. The molecule has 112 valence electrons. The van der Waals surface area contributed by atoms with Gasteiger partial charge in [-0.3, -0.25) is 15.4 Å². The van der Waals surface area contributed by atoms with Gasteiger partial charge in [0.2, 0.25) is 0 Å². The predicted octanol–water partition coefficient (Wildman–Crippen LogP) is 2.02. The third-order valence-corrected chi connectivity index (χ3v) is 3.19. The zero-order valence-electron chi connectivity index (χ0n) is 11.7. The summed E-state index contributed by atoms with van der Waals surface area (Å²) in [5.41, 5.74) is -0.136. The number of hydrogen-bond donors (Lipinski definition) is 1. The topological polar surface area (TPSA) is 97.4 Å². The summed E-state index contributed by atoms with van der Waals surface area (Å²) in [4.78, 5) is 10.4. The monoisotopic (exact) mass is 291 g/mol. The van der Waals surface area contributed by atoms with Crippen molar-refractivity contribution < 1.29 is 14.4 Å². The maximum Gasteiger partial charge on any atom is 0.314 e. The van der Waals surface area contributed by atoms with Gasteiger partial charge in [0.05, 0.1) is 36.8 Å². The third kappa shape index (κ3) is 4.33. The molecule has 7 heteroatoms. The number of ether oxygens (including phenoxy) is 2. The number of nitrogens with one attached hydrogen (secondary N) is 1. The Balaban J connectivity index is 1.89. The molecule has 1 N–H and O–H groups in total. The van der Waals surface area contributed by atoms with Crippen LogP contribution in [0.2, 0.25) is 0 Å². The average Bonchev–Trinajstić information content (AvgIpc) is 3.30. The van der Waals surface area contributed by atoms with Gasteiger partial charge >= 0.3 is 5.69 Å². The second kappa shape index (κ2) is 6.90. The normalized spacial score (nSPS) is 15.0. The molecule has 1 aliphatic rings. The number of benzene rings is 1. The van der Waals surface area contributed by atoms with Gasteiger partial charge in [0, 0.05) is 12.5 Å². The number of methoxy groups -OCH3 is 1. The van der Waals surface area contributed by atoms with E-state index in [1.165, 1.54) is 19.2 Å². The van der Waals surface area contributed by atoms with E-state index in [9.17, 15) is 10.1 Å². The van der Waals surface area contributed by atoms with Crippen LogP contribution in [-0.2, 0) is 0 Å². The van der Waals surface area contributed by atoms with Gasteiger partial charge in [-0.2, -0.15) is 5.26 Å². The third-order valence-electron chi connectivity index (χ3n) is 3.19. The highest BCUT2D eigenvalue weighted by Crippen LogP contribution is 2.30. The molecule has 0 radical (unpaired) electrons. The van der Waals surface area contributed by atoms with Crippen LogP contribution in [-0.4, -0.2) is 30.7 Å². The lowest BCUT2D eigenvalue weighted by molar-refractivity contribution is -0.385. The van der Waals surface area contributed by atoms with E-state index in [0.29, 0.717) is 24.8 Å². The number of hydrogen-bond acceptors (Lipinski definition) is 6. The summed E-state index contributed by atoms with van der Waals surface area (Å²) in [7, 11) is 1.38. The molecule has 21 heavy (non-hydrogen) atoms. The summed E-state index contributed by atoms with van der Waals surface area (Å²) in [6, 6.07) is 6.84. The zero-order chi connectivity index (χ0) is 15.2. The highest BCUT2D eigenvalue weighted by atomic mass is 16.6. The first kappa shape index (κ1) is 15.1. The quantitative estimate of drug-likeness (QED) is 0.581. The molecule has 0 aromatic heterocycles. The van der Waals surface area contributed by atoms with Crippen LogP contribution in [0.4, 0.5) is 5.69 Å². The molecule has 0 aliphatic heterocycles. The Morgan fingerprint density at radius 2 is 2.33 bits per heavy atom. The smallest absolute Gasteiger partial charge is 0.314 e. The van der Waals surface area contributed by atoms with Crippen LogP contribution in [0.15, 0.2) is 18.2 Å². The van der Waals surface area contributed by atoms with E-state index in [1.807, 2.05) is 0 Å². The second-order valence-corrected chi connectivity index (χ2v) is 4.85. The molecule has 1 aromatic rings. The van der Waals surface area contributed by atoms with Crippen molar-refractivity contribution in [1.29, 1.82) is 5.26 Å². The number of nitrogens with zero attached hydrogens (tertiary/aromatic N) is 2. The van der Waals surface area contributed by atoms with Gasteiger partial charge in [-0.05, 0) is 25.0 Å². The molecule has 0 saturated heterocycles. The second-order valence-electron chi connectivity index (χ2n) is 4.85. The van der Waals surface area contributed by atoms with E-state index in [-0.39, 0.29) is 17.5 Å². The van der Waals surface area contributed by atoms with Crippen LogP contribution in [0, 0.1) is 21.4 Å². The Hall–Kier alpha value is -2.33. The maximum absolute atomic E-state index is 10.9. The fraction of sp³-hybridized carbons (Fsp3) is 0.500. The van der Waals surface area contributed by atoms with Crippen LogP contribution in [0.3, 0.4) is 0 Å². The molecule has 0 spiro atoms. The summed E-state index contributed by atoms with van der Waals surface area (Å²) in [5, 5.41) is 23.1. The standard InChI is InChI=1S/C14H17N3O4/c1-20-14-5-4-12(8-13(14)17(18)19)21-7-6-11(9-15)16-10-2-3-10/h4-5,8,10-11,16H,2-3,6-7H2,1H3. The van der Waals surface area contributed by atoms with Crippen molar-refractivity contribution in [3.8, 4) is 17.6 Å². The molecule has 2 rings (SSSR count). The number of rotatable bonds is 8. The van der Waals surface area contributed by atoms with Crippen molar-refractivity contribution in [3.63, 3.8) is 0 Å². The SMILES string of the molecule is COc1ccc(OCCC(C#N)NC2CC2)cc1[N+](=O)[O-]. The van der Waals surface area contributed by atoms with Crippen LogP contribution in [0.5, 0.6) is 11.5 Å². The van der Waals surface area contributed by atoms with E-state index in [4.69, 9.17) is 14.7 Å². The summed E-state index contributed by atoms with van der Waals surface area (Å²) < 4.78 is 10.4. The summed E-state index contributed by atoms with van der Waals surface area (Å²) in [6.45, 7) is 0.321. The molecule has 0 amide bonds. The van der Waals surface area contributed by atoms with Gasteiger partial charge in [-0.25, -0.2) is 0 Å². The van der Waals surface area contributed by atoms with Crippen molar-refractivity contribution in [3.05, 3.63) is 28.3 Å². The lowest BCUT2D eigenvalue weighted by Gasteiger charge is -2.12. The van der Waals surface area contributed by atoms with Gasteiger partial charge in [-0.15, -0.1) is 0 Å². The maximum atomic E-state index is 10.9. The molecular formula is C14H17N3O4. The van der Waals surface area contributed by atoms with E-state index >= 15 is 0 Å². The van der Waals surface area contributed by atoms with Crippen molar-refractivity contribution in [2.75, 3.05) is 13.7 Å². The van der Waals surface area contributed by atoms with Crippen LogP contribution >= 0.6 is 0 Å². The average molecular weight is 291 g/mol.